The summed E-state index contributed by atoms with van der Waals surface area (Å²) in [5.74, 6) is 1.91. The van der Waals surface area contributed by atoms with E-state index in [0.717, 1.165) is 49.2 Å². The van der Waals surface area contributed by atoms with E-state index < -0.39 is 0 Å². The first kappa shape index (κ1) is 20.3. The molecule has 150 valence electrons. The number of carbonyl (C=O) groups excluding carboxylic acids is 1. The molecule has 1 saturated carbocycles. The molecule has 1 heterocycles. The van der Waals surface area contributed by atoms with Gasteiger partial charge in [-0.05, 0) is 74.2 Å². The van der Waals surface area contributed by atoms with Gasteiger partial charge in [-0.15, -0.1) is 0 Å². The molecule has 28 heavy (non-hydrogen) atoms. The number of nitrogens with zero attached hydrogens (tertiary/aromatic N) is 1. The topological polar surface area (TPSA) is 77.2 Å². The van der Waals surface area contributed by atoms with Gasteiger partial charge in [-0.3, -0.25) is 9.78 Å². The predicted molar refractivity (Wildman–Crippen MR) is 111 cm³/mol. The third-order valence-electron chi connectivity index (χ3n) is 5.83. The van der Waals surface area contributed by atoms with Crippen LogP contribution >= 0.6 is 0 Å². The molecular formula is C23H31N3O2. The highest BCUT2D eigenvalue weighted by molar-refractivity contribution is 5.76. The lowest BCUT2D eigenvalue weighted by molar-refractivity contribution is -0.122. The third kappa shape index (κ3) is 5.32. The van der Waals surface area contributed by atoms with Crippen LogP contribution < -0.4 is 15.8 Å². The molecule has 1 aromatic heterocycles. The van der Waals surface area contributed by atoms with Crippen molar-refractivity contribution in [3.63, 3.8) is 0 Å². The zero-order chi connectivity index (χ0) is 19.8. The van der Waals surface area contributed by atoms with Crippen LogP contribution in [-0.2, 0) is 11.2 Å². The SMILES string of the molecule is COc1ccccc1CCC(=O)NC(c1ccccn1)C1CCC(CN)CC1. The van der Waals surface area contributed by atoms with E-state index in [0.29, 0.717) is 24.7 Å². The lowest BCUT2D eigenvalue weighted by Crippen LogP contribution is -2.36. The normalized spacial score (nSPS) is 20.4. The smallest absolute Gasteiger partial charge is 0.220 e. The molecule has 3 rings (SSSR count). The number of aryl methyl sites for hydroxylation is 1. The average Bonchev–Trinajstić information content (AvgIpc) is 2.77. The Balaban J connectivity index is 1.65. The minimum atomic E-state index is -0.0370. The minimum Gasteiger partial charge on any atom is -0.496 e. The molecule has 3 N–H and O–H groups in total. The van der Waals surface area contributed by atoms with Crippen molar-refractivity contribution < 1.29 is 9.53 Å². The molecule has 0 spiro atoms. The number of amides is 1. The van der Waals surface area contributed by atoms with Crippen LogP contribution in [0.2, 0.25) is 0 Å². The summed E-state index contributed by atoms with van der Waals surface area (Å²) in [6.45, 7) is 0.756. The molecule has 1 atom stereocenters. The van der Waals surface area contributed by atoms with E-state index in [1.54, 1.807) is 13.3 Å². The molecule has 1 amide bonds. The van der Waals surface area contributed by atoms with Gasteiger partial charge in [-0.1, -0.05) is 24.3 Å². The van der Waals surface area contributed by atoms with Crippen LogP contribution in [0.15, 0.2) is 48.7 Å². The van der Waals surface area contributed by atoms with Crippen LogP contribution in [0, 0.1) is 11.8 Å². The second-order valence-electron chi connectivity index (χ2n) is 7.63. The zero-order valence-corrected chi connectivity index (χ0v) is 16.6. The summed E-state index contributed by atoms with van der Waals surface area (Å²) < 4.78 is 5.39. The lowest BCUT2D eigenvalue weighted by Gasteiger charge is -2.33. The summed E-state index contributed by atoms with van der Waals surface area (Å²) in [5.41, 5.74) is 7.84. The lowest BCUT2D eigenvalue weighted by atomic mass is 9.77. The summed E-state index contributed by atoms with van der Waals surface area (Å²) in [7, 11) is 1.66. The van der Waals surface area contributed by atoms with Gasteiger partial charge >= 0.3 is 0 Å². The van der Waals surface area contributed by atoms with Crippen LogP contribution in [0.3, 0.4) is 0 Å². The number of para-hydroxylation sites is 1. The maximum Gasteiger partial charge on any atom is 0.220 e. The molecule has 2 aromatic rings. The first-order valence-electron chi connectivity index (χ1n) is 10.2. The molecule has 1 aliphatic rings. The van der Waals surface area contributed by atoms with Crippen molar-refractivity contribution in [1.82, 2.24) is 10.3 Å². The van der Waals surface area contributed by atoms with Gasteiger partial charge in [0.05, 0.1) is 18.8 Å². The number of ether oxygens (including phenoxy) is 1. The van der Waals surface area contributed by atoms with Gasteiger partial charge in [-0.25, -0.2) is 0 Å². The van der Waals surface area contributed by atoms with Crippen LogP contribution in [0.5, 0.6) is 5.75 Å². The Bertz CT molecular complexity index is 743. The monoisotopic (exact) mass is 381 g/mol. The van der Waals surface area contributed by atoms with Crippen molar-refractivity contribution in [2.45, 2.75) is 44.6 Å². The number of methoxy groups -OCH3 is 1. The molecule has 0 radical (unpaired) electrons. The summed E-state index contributed by atoms with van der Waals surface area (Å²) in [6.07, 6.45) is 7.30. The fraction of sp³-hybridized carbons (Fsp3) is 0.478. The van der Waals surface area contributed by atoms with Gasteiger partial charge in [0.2, 0.25) is 5.91 Å². The number of rotatable bonds is 8. The minimum absolute atomic E-state index is 0.0370. The molecule has 5 heteroatoms. The molecule has 0 bridgehead atoms. The molecule has 5 nitrogen and oxygen atoms in total. The van der Waals surface area contributed by atoms with Crippen molar-refractivity contribution in [3.8, 4) is 5.75 Å². The standard InChI is InChI=1S/C23H31N3O2/c1-28-21-8-3-2-6-18(21)13-14-22(27)26-23(20-7-4-5-15-25-20)19-11-9-17(16-24)10-12-19/h2-8,15,17,19,23H,9-14,16,24H2,1H3,(H,26,27). The van der Waals surface area contributed by atoms with Crippen LogP contribution in [0.25, 0.3) is 0 Å². The Morgan fingerprint density at radius 2 is 1.93 bits per heavy atom. The second kappa shape index (κ2) is 10.2. The first-order chi connectivity index (χ1) is 13.7. The van der Waals surface area contributed by atoms with E-state index in [-0.39, 0.29) is 11.9 Å². The Kier molecular flexibility index (Phi) is 7.43. The highest BCUT2D eigenvalue weighted by Crippen LogP contribution is 2.36. The maximum atomic E-state index is 12.8. The predicted octanol–water partition coefficient (Wildman–Crippen LogP) is 3.65. The van der Waals surface area contributed by atoms with Crippen LogP contribution in [0.4, 0.5) is 0 Å². The fourth-order valence-electron chi connectivity index (χ4n) is 4.15. The summed E-state index contributed by atoms with van der Waals surface area (Å²) in [6, 6.07) is 13.7. The van der Waals surface area contributed by atoms with Crippen LogP contribution in [0.1, 0.15) is 49.4 Å². The van der Waals surface area contributed by atoms with E-state index in [2.05, 4.69) is 10.3 Å². The van der Waals surface area contributed by atoms with Crippen molar-refractivity contribution >= 4 is 5.91 Å². The number of aromatic nitrogens is 1. The number of nitrogens with two attached hydrogens (primary N) is 1. The van der Waals surface area contributed by atoms with Crippen molar-refractivity contribution in [1.29, 1.82) is 0 Å². The molecule has 1 unspecified atom stereocenters. The van der Waals surface area contributed by atoms with E-state index in [1.807, 2.05) is 42.5 Å². The maximum absolute atomic E-state index is 12.8. The Labute approximate surface area is 167 Å². The summed E-state index contributed by atoms with van der Waals surface area (Å²) >= 11 is 0. The molecular weight excluding hydrogens is 350 g/mol. The molecule has 1 aromatic carbocycles. The van der Waals surface area contributed by atoms with Gasteiger partial charge in [-0.2, -0.15) is 0 Å². The Morgan fingerprint density at radius 1 is 1.18 bits per heavy atom. The molecule has 1 aliphatic carbocycles. The van der Waals surface area contributed by atoms with Crippen molar-refractivity contribution in [3.05, 3.63) is 59.9 Å². The second-order valence-corrected chi connectivity index (χ2v) is 7.63. The number of hydrogen-bond acceptors (Lipinski definition) is 4. The van der Waals surface area contributed by atoms with Gasteiger partial charge in [0.15, 0.2) is 0 Å². The van der Waals surface area contributed by atoms with Gasteiger partial charge in [0, 0.05) is 12.6 Å². The van der Waals surface area contributed by atoms with E-state index >= 15 is 0 Å². The highest BCUT2D eigenvalue weighted by Gasteiger charge is 2.30. The molecule has 0 saturated heterocycles. The van der Waals surface area contributed by atoms with Crippen molar-refractivity contribution in [2.75, 3.05) is 13.7 Å². The average molecular weight is 382 g/mol. The fourth-order valence-corrected chi connectivity index (χ4v) is 4.15. The van der Waals surface area contributed by atoms with Gasteiger partial charge in [0.25, 0.3) is 0 Å². The third-order valence-corrected chi connectivity index (χ3v) is 5.83. The Hall–Kier alpha value is -2.40. The van der Waals surface area contributed by atoms with E-state index in [4.69, 9.17) is 10.5 Å². The summed E-state index contributed by atoms with van der Waals surface area (Å²) in [5, 5.41) is 3.27. The summed E-state index contributed by atoms with van der Waals surface area (Å²) in [4.78, 5) is 17.3. The number of pyridine rings is 1. The highest BCUT2D eigenvalue weighted by atomic mass is 16.5. The van der Waals surface area contributed by atoms with E-state index in [1.165, 1.54) is 0 Å². The van der Waals surface area contributed by atoms with E-state index in [9.17, 15) is 4.79 Å². The number of benzene rings is 1. The Morgan fingerprint density at radius 3 is 2.61 bits per heavy atom. The largest absolute Gasteiger partial charge is 0.496 e. The van der Waals surface area contributed by atoms with Gasteiger partial charge in [0.1, 0.15) is 5.75 Å². The molecule has 1 fully saturated rings. The number of carbonyl (C=O) groups is 1. The quantitative estimate of drug-likeness (QED) is 0.732. The van der Waals surface area contributed by atoms with Crippen molar-refractivity contribution in [2.24, 2.45) is 17.6 Å². The molecule has 0 aliphatic heterocycles. The number of hydrogen-bond donors (Lipinski definition) is 2. The van der Waals surface area contributed by atoms with Crippen LogP contribution in [-0.4, -0.2) is 24.5 Å². The zero-order valence-electron chi connectivity index (χ0n) is 16.6. The first-order valence-corrected chi connectivity index (χ1v) is 10.2. The van der Waals surface area contributed by atoms with Gasteiger partial charge < -0.3 is 15.8 Å². The number of nitrogens with one attached hydrogen (secondary N) is 1.